The first-order chi connectivity index (χ1) is 13.4. The van der Waals surface area contributed by atoms with Gasteiger partial charge in [0.2, 0.25) is 0 Å². The fourth-order valence-corrected chi connectivity index (χ4v) is 4.31. The van der Waals surface area contributed by atoms with E-state index < -0.39 is 10.0 Å². The first kappa shape index (κ1) is 18.1. The van der Waals surface area contributed by atoms with E-state index in [1.807, 2.05) is 6.92 Å². The van der Waals surface area contributed by atoms with Crippen LogP contribution in [0.15, 0.2) is 90.0 Å². The van der Waals surface area contributed by atoms with Crippen molar-refractivity contribution in [3.63, 3.8) is 0 Å². The second-order valence-corrected chi connectivity index (χ2v) is 8.24. The van der Waals surface area contributed by atoms with Crippen LogP contribution in [0, 0.1) is 12.7 Å². The molecule has 0 saturated heterocycles. The predicted octanol–water partition coefficient (Wildman–Crippen LogP) is 4.90. The average molecular weight is 392 g/mol. The minimum atomic E-state index is -3.75. The molecule has 0 fully saturated rings. The van der Waals surface area contributed by atoms with Crippen molar-refractivity contribution in [1.82, 2.24) is 8.96 Å². The van der Waals surface area contributed by atoms with E-state index in [4.69, 9.17) is 0 Å². The standard InChI is InChI=1S/C22H17FN2O2S/c1-16-7-13-19(14-8-16)28(26,27)25-15-3-6-22(25)21-5-2-4-20(24-21)17-9-11-18(23)12-10-17/h2-15H,1H3. The average Bonchev–Trinajstić information content (AvgIpc) is 3.20. The lowest BCUT2D eigenvalue weighted by molar-refractivity contribution is 0.588. The zero-order valence-electron chi connectivity index (χ0n) is 15.1. The molecule has 0 unspecified atom stereocenters. The number of halogens is 1. The summed E-state index contributed by atoms with van der Waals surface area (Å²) in [5, 5.41) is 0. The molecule has 0 saturated carbocycles. The number of aryl methyl sites for hydroxylation is 1. The Morgan fingerprint density at radius 2 is 1.50 bits per heavy atom. The van der Waals surface area contributed by atoms with E-state index in [0.29, 0.717) is 17.1 Å². The lowest BCUT2D eigenvalue weighted by Crippen LogP contribution is -2.13. The SMILES string of the molecule is Cc1ccc(S(=O)(=O)n2cccc2-c2cccc(-c3ccc(F)cc3)n2)cc1. The highest BCUT2D eigenvalue weighted by Crippen LogP contribution is 2.26. The van der Waals surface area contributed by atoms with E-state index in [1.165, 1.54) is 22.3 Å². The molecule has 4 nitrogen and oxygen atoms in total. The molecule has 0 aliphatic rings. The number of benzene rings is 2. The van der Waals surface area contributed by atoms with Gasteiger partial charge in [0.15, 0.2) is 0 Å². The van der Waals surface area contributed by atoms with Crippen molar-refractivity contribution in [1.29, 1.82) is 0 Å². The monoisotopic (exact) mass is 392 g/mol. The van der Waals surface area contributed by atoms with Crippen LogP contribution in [0.5, 0.6) is 0 Å². The van der Waals surface area contributed by atoms with Crippen molar-refractivity contribution in [3.8, 4) is 22.6 Å². The van der Waals surface area contributed by atoms with Gasteiger partial charge in [-0.25, -0.2) is 21.8 Å². The molecule has 140 valence electrons. The highest BCUT2D eigenvalue weighted by molar-refractivity contribution is 7.90. The van der Waals surface area contributed by atoms with E-state index in [-0.39, 0.29) is 10.7 Å². The molecule has 2 aromatic heterocycles. The van der Waals surface area contributed by atoms with Gasteiger partial charge in [0.05, 0.1) is 22.0 Å². The largest absolute Gasteiger partial charge is 0.268 e. The van der Waals surface area contributed by atoms with Crippen molar-refractivity contribution in [2.45, 2.75) is 11.8 Å². The Morgan fingerprint density at radius 3 is 2.21 bits per heavy atom. The molecule has 2 aromatic carbocycles. The molecule has 4 aromatic rings. The second kappa shape index (κ2) is 7.05. The van der Waals surface area contributed by atoms with Crippen LogP contribution in [-0.2, 0) is 10.0 Å². The van der Waals surface area contributed by atoms with Crippen LogP contribution in [0.4, 0.5) is 4.39 Å². The molecule has 0 aliphatic heterocycles. The fraction of sp³-hybridized carbons (Fsp3) is 0.0455. The van der Waals surface area contributed by atoms with Crippen molar-refractivity contribution in [2.75, 3.05) is 0 Å². The summed E-state index contributed by atoms with van der Waals surface area (Å²) in [6.45, 7) is 1.91. The number of rotatable bonds is 4. The lowest BCUT2D eigenvalue weighted by atomic mass is 10.1. The molecule has 0 N–H and O–H groups in total. The quantitative estimate of drug-likeness (QED) is 0.496. The maximum atomic E-state index is 13.2. The Bertz CT molecular complexity index is 1230. The Labute approximate surface area is 163 Å². The Hall–Kier alpha value is -3.25. The summed E-state index contributed by atoms with van der Waals surface area (Å²) in [5.41, 5.74) is 3.35. The third-order valence-electron chi connectivity index (χ3n) is 4.44. The van der Waals surface area contributed by atoms with Crippen LogP contribution < -0.4 is 0 Å². The Kier molecular flexibility index (Phi) is 4.57. The maximum absolute atomic E-state index is 13.2. The van der Waals surface area contributed by atoms with Crippen molar-refractivity contribution < 1.29 is 12.8 Å². The van der Waals surface area contributed by atoms with E-state index in [2.05, 4.69) is 4.98 Å². The summed E-state index contributed by atoms with van der Waals surface area (Å²) in [4.78, 5) is 4.80. The highest BCUT2D eigenvalue weighted by Gasteiger charge is 2.20. The highest BCUT2D eigenvalue weighted by atomic mass is 32.2. The van der Waals surface area contributed by atoms with Crippen LogP contribution >= 0.6 is 0 Å². The van der Waals surface area contributed by atoms with Gasteiger partial charge >= 0.3 is 0 Å². The molecule has 0 amide bonds. The topological polar surface area (TPSA) is 52.0 Å². The maximum Gasteiger partial charge on any atom is 0.268 e. The number of nitrogens with zero attached hydrogens (tertiary/aromatic N) is 2. The molecule has 6 heteroatoms. The van der Waals surface area contributed by atoms with Crippen LogP contribution in [0.1, 0.15) is 5.56 Å². The first-order valence-corrected chi connectivity index (χ1v) is 10.1. The normalized spacial score (nSPS) is 11.5. The summed E-state index contributed by atoms with van der Waals surface area (Å²) >= 11 is 0. The van der Waals surface area contributed by atoms with Gasteiger partial charge in [-0.15, -0.1) is 0 Å². The van der Waals surface area contributed by atoms with Gasteiger partial charge < -0.3 is 0 Å². The van der Waals surface area contributed by atoms with Gasteiger partial charge in [-0.2, -0.15) is 0 Å². The first-order valence-electron chi connectivity index (χ1n) is 8.68. The van der Waals surface area contributed by atoms with Crippen molar-refractivity contribution >= 4 is 10.0 Å². The molecule has 0 bridgehead atoms. The number of pyridine rings is 1. The van der Waals surface area contributed by atoms with Crippen LogP contribution in [-0.4, -0.2) is 17.4 Å². The lowest BCUT2D eigenvalue weighted by Gasteiger charge is -2.11. The summed E-state index contributed by atoms with van der Waals surface area (Å²) < 4.78 is 40.6. The van der Waals surface area contributed by atoms with E-state index in [0.717, 1.165) is 11.1 Å². The van der Waals surface area contributed by atoms with Gasteiger partial charge in [0, 0.05) is 11.8 Å². The van der Waals surface area contributed by atoms with Gasteiger partial charge in [-0.3, -0.25) is 0 Å². The van der Waals surface area contributed by atoms with Crippen LogP contribution in [0.25, 0.3) is 22.6 Å². The van der Waals surface area contributed by atoms with Crippen molar-refractivity contribution in [3.05, 3.63) is 96.4 Å². The summed E-state index contributed by atoms with van der Waals surface area (Å²) in [7, 11) is -3.75. The molecular formula is C22H17FN2O2S. The molecule has 4 rings (SSSR count). The van der Waals surface area contributed by atoms with Crippen LogP contribution in [0.2, 0.25) is 0 Å². The Morgan fingerprint density at radius 1 is 0.821 bits per heavy atom. The Balaban J connectivity index is 1.78. The zero-order chi connectivity index (χ0) is 19.7. The smallest absolute Gasteiger partial charge is 0.246 e. The fourth-order valence-electron chi connectivity index (χ4n) is 2.96. The van der Waals surface area contributed by atoms with E-state index in [1.54, 1.807) is 66.7 Å². The molecule has 0 radical (unpaired) electrons. The third-order valence-corrected chi connectivity index (χ3v) is 6.15. The second-order valence-electron chi connectivity index (χ2n) is 6.42. The minimum Gasteiger partial charge on any atom is -0.246 e. The summed E-state index contributed by atoms with van der Waals surface area (Å²) in [5.74, 6) is -0.321. The molecular weight excluding hydrogens is 375 g/mol. The van der Waals surface area contributed by atoms with Crippen LogP contribution in [0.3, 0.4) is 0 Å². The number of hydrogen-bond donors (Lipinski definition) is 0. The number of hydrogen-bond acceptors (Lipinski definition) is 3. The van der Waals surface area contributed by atoms with Gasteiger partial charge in [-0.1, -0.05) is 23.8 Å². The molecule has 28 heavy (non-hydrogen) atoms. The molecule has 0 atom stereocenters. The summed E-state index contributed by atoms with van der Waals surface area (Å²) in [6.07, 6.45) is 1.51. The van der Waals surface area contributed by atoms with Gasteiger partial charge in [0.25, 0.3) is 10.0 Å². The summed E-state index contributed by atoms with van der Waals surface area (Å²) in [6, 6.07) is 21.5. The predicted molar refractivity (Wildman–Crippen MR) is 107 cm³/mol. The molecule has 0 aliphatic carbocycles. The van der Waals surface area contributed by atoms with Gasteiger partial charge in [-0.05, 0) is 67.6 Å². The molecule has 2 heterocycles. The van der Waals surface area contributed by atoms with E-state index >= 15 is 0 Å². The third kappa shape index (κ3) is 3.34. The van der Waals surface area contributed by atoms with E-state index in [9.17, 15) is 12.8 Å². The molecule has 0 spiro atoms. The minimum absolute atomic E-state index is 0.213. The number of aromatic nitrogens is 2. The zero-order valence-corrected chi connectivity index (χ0v) is 15.9. The van der Waals surface area contributed by atoms with Gasteiger partial charge in [0.1, 0.15) is 5.82 Å². The van der Waals surface area contributed by atoms with Crippen molar-refractivity contribution in [2.24, 2.45) is 0 Å².